The van der Waals surface area contributed by atoms with E-state index in [1.165, 1.54) is 31.4 Å². The average Bonchev–Trinajstić information content (AvgIpc) is 2.59. The van der Waals surface area contributed by atoms with Gasteiger partial charge in [0.25, 0.3) is 0 Å². The van der Waals surface area contributed by atoms with Gasteiger partial charge in [0.15, 0.2) is 0 Å². The number of carboxylic acid groups (broad SMARTS) is 1. The molecule has 2 rings (SSSR count). The third-order valence-corrected chi connectivity index (χ3v) is 4.02. The normalized spacial score (nSPS) is 11.8. The van der Waals surface area contributed by atoms with Gasteiger partial charge in [0.05, 0.1) is 12.2 Å². The van der Waals surface area contributed by atoms with E-state index in [2.05, 4.69) is 5.32 Å². The molecule has 138 valence electrons. The van der Waals surface area contributed by atoms with Crippen LogP contribution in [0.25, 0.3) is 0 Å². The van der Waals surface area contributed by atoms with Gasteiger partial charge in [0, 0.05) is 18.7 Å². The van der Waals surface area contributed by atoms with Crippen molar-refractivity contribution >= 4 is 17.6 Å². The maximum absolute atomic E-state index is 13.2. The van der Waals surface area contributed by atoms with E-state index in [0.29, 0.717) is 24.1 Å². The number of methoxy groups -OCH3 is 1. The first-order chi connectivity index (χ1) is 12.4. The Bertz CT molecular complexity index is 791. The molecule has 0 spiro atoms. The van der Waals surface area contributed by atoms with Crippen LogP contribution in [-0.4, -0.2) is 24.1 Å². The van der Waals surface area contributed by atoms with Crippen LogP contribution in [0.4, 0.5) is 10.1 Å². The summed E-state index contributed by atoms with van der Waals surface area (Å²) in [7, 11) is 1.51. The molecule has 6 heteroatoms. The average molecular weight is 359 g/mol. The van der Waals surface area contributed by atoms with Gasteiger partial charge >= 0.3 is 5.97 Å². The monoisotopic (exact) mass is 359 g/mol. The van der Waals surface area contributed by atoms with Gasteiger partial charge in [0.1, 0.15) is 5.82 Å². The van der Waals surface area contributed by atoms with E-state index in [0.717, 1.165) is 5.56 Å². The molecule has 0 fully saturated rings. The quantitative estimate of drug-likeness (QED) is 0.750. The number of halogens is 1. The minimum atomic E-state index is -1.07. The van der Waals surface area contributed by atoms with Gasteiger partial charge in [-0.25, -0.2) is 9.18 Å². The number of carbonyl (C=O) groups excluding carboxylic acids is 1. The van der Waals surface area contributed by atoms with Crippen molar-refractivity contribution in [3.63, 3.8) is 0 Å². The van der Waals surface area contributed by atoms with Gasteiger partial charge < -0.3 is 15.2 Å². The molecule has 2 aromatic rings. The lowest BCUT2D eigenvalue weighted by Gasteiger charge is -2.14. The fraction of sp³-hybridized carbons (Fsp3) is 0.300. The molecule has 26 heavy (non-hydrogen) atoms. The van der Waals surface area contributed by atoms with Crippen LogP contribution in [0.15, 0.2) is 42.5 Å². The zero-order valence-electron chi connectivity index (χ0n) is 14.8. The molecule has 0 saturated carbocycles. The van der Waals surface area contributed by atoms with E-state index < -0.39 is 5.97 Å². The van der Waals surface area contributed by atoms with Crippen molar-refractivity contribution in [1.29, 1.82) is 0 Å². The number of nitrogens with one attached hydrogen (secondary N) is 1. The van der Waals surface area contributed by atoms with E-state index in [-0.39, 0.29) is 29.8 Å². The minimum absolute atomic E-state index is 0.0854. The highest BCUT2D eigenvalue weighted by Gasteiger charge is 2.15. The van der Waals surface area contributed by atoms with Gasteiger partial charge in [-0.05, 0) is 54.3 Å². The molecule has 1 atom stereocenters. The summed E-state index contributed by atoms with van der Waals surface area (Å²) >= 11 is 0. The molecule has 2 N–H and O–H groups in total. The zero-order chi connectivity index (χ0) is 19.1. The molecule has 0 saturated heterocycles. The molecule has 1 amide bonds. The van der Waals surface area contributed by atoms with E-state index in [4.69, 9.17) is 4.74 Å². The molecule has 5 nitrogen and oxygen atoms in total. The van der Waals surface area contributed by atoms with Gasteiger partial charge in [-0.15, -0.1) is 0 Å². The number of ether oxygens (including phenoxy) is 1. The Labute approximate surface area is 151 Å². The van der Waals surface area contributed by atoms with Crippen molar-refractivity contribution in [2.75, 3.05) is 12.4 Å². The molecular formula is C20H22FNO4. The largest absolute Gasteiger partial charge is 0.478 e. The number of hydrogen-bond donors (Lipinski definition) is 2. The van der Waals surface area contributed by atoms with Crippen LogP contribution >= 0.6 is 0 Å². The molecule has 0 aliphatic rings. The number of aromatic carboxylic acids is 1. The van der Waals surface area contributed by atoms with Gasteiger partial charge in [0.2, 0.25) is 5.91 Å². The molecule has 0 heterocycles. The highest BCUT2D eigenvalue weighted by molar-refractivity contribution is 5.95. The fourth-order valence-electron chi connectivity index (χ4n) is 2.61. The number of aryl methyl sites for hydroxylation is 1. The Balaban J connectivity index is 2.02. The highest BCUT2D eigenvalue weighted by Crippen LogP contribution is 2.18. The predicted octanol–water partition coefficient (Wildman–Crippen LogP) is 3.88. The lowest BCUT2D eigenvalue weighted by molar-refractivity contribution is -0.119. The van der Waals surface area contributed by atoms with Crippen molar-refractivity contribution in [3.8, 4) is 0 Å². The third-order valence-electron chi connectivity index (χ3n) is 4.02. The van der Waals surface area contributed by atoms with Crippen LogP contribution in [0, 0.1) is 11.7 Å². The number of hydrogen-bond acceptors (Lipinski definition) is 3. The topological polar surface area (TPSA) is 75.6 Å². The van der Waals surface area contributed by atoms with Crippen LogP contribution in [0.1, 0.15) is 34.8 Å². The Morgan fingerprint density at radius 1 is 1.19 bits per heavy atom. The molecule has 0 aliphatic carbocycles. The third kappa shape index (κ3) is 5.67. The van der Waals surface area contributed by atoms with Crippen molar-refractivity contribution in [3.05, 3.63) is 65.0 Å². The molecule has 0 bridgehead atoms. The first kappa shape index (κ1) is 19.6. The minimum Gasteiger partial charge on any atom is -0.478 e. The maximum atomic E-state index is 13.2. The Morgan fingerprint density at radius 3 is 2.62 bits per heavy atom. The summed E-state index contributed by atoms with van der Waals surface area (Å²) in [5, 5.41) is 11.9. The maximum Gasteiger partial charge on any atom is 0.335 e. The second-order valence-corrected chi connectivity index (χ2v) is 6.22. The number of carbonyl (C=O) groups is 2. The molecule has 0 aromatic heterocycles. The summed E-state index contributed by atoms with van der Waals surface area (Å²) in [5.41, 5.74) is 2.00. The summed E-state index contributed by atoms with van der Waals surface area (Å²) < 4.78 is 18.2. The summed E-state index contributed by atoms with van der Waals surface area (Å²) in [6.45, 7) is 2.03. The van der Waals surface area contributed by atoms with Crippen molar-refractivity contribution < 1.29 is 23.8 Å². The van der Waals surface area contributed by atoms with Crippen molar-refractivity contribution in [2.24, 2.45) is 5.92 Å². The Kier molecular flexibility index (Phi) is 6.86. The molecule has 0 radical (unpaired) electrons. The smallest absolute Gasteiger partial charge is 0.335 e. The first-order valence-electron chi connectivity index (χ1n) is 8.30. The lowest BCUT2D eigenvalue weighted by atomic mass is 10.00. The molecule has 2 aromatic carbocycles. The van der Waals surface area contributed by atoms with Crippen LogP contribution in [-0.2, 0) is 22.6 Å². The van der Waals surface area contributed by atoms with E-state index in [1.54, 1.807) is 19.1 Å². The van der Waals surface area contributed by atoms with E-state index in [1.807, 2.05) is 6.07 Å². The molecule has 1 unspecified atom stereocenters. The second-order valence-electron chi connectivity index (χ2n) is 6.22. The van der Waals surface area contributed by atoms with Crippen molar-refractivity contribution in [1.82, 2.24) is 0 Å². The van der Waals surface area contributed by atoms with Crippen LogP contribution in [0.2, 0.25) is 0 Å². The first-order valence-corrected chi connectivity index (χ1v) is 8.30. The second kappa shape index (κ2) is 9.10. The highest BCUT2D eigenvalue weighted by atomic mass is 19.1. The van der Waals surface area contributed by atoms with E-state index >= 15 is 0 Å². The van der Waals surface area contributed by atoms with Gasteiger partial charge in [-0.2, -0.15) is 0 Å². The molecular weight excluding hydrogens is 337 g/mol. The number of carboxylic acids is 1. The Hall–Kier alpha value is -2.73. The van der Waals surface area contributed by atoms with Crippen LogP contribution in [0.3, 0.4) is 0 Å². The standard InChI is InChI=1S/C20H22FNO4/c1-13(6-7-14-4-3-5-17(21)9-14)19(23)22-18-10-15(12-26-2)8-16(11-18)20(24)25/h3-5,8-11,13H,6-7,12H2,1-2H3,(H,22,23)(H,24,25). The summed E-state index contributed by atoms with van der Waals surface area (Å²) in [6.07, 6.45) is 1.13. The number of rotatable bonds is 8. The summed E-state index contributed by atoms with van der Waals surface area (Å²) in [4.78, 5) is 23.6. The number of amides is 1. The number of benzene rings is 2. The SMILES string of the molecule is COCc1cc(NC(=O)C(C)CCc2cccc(F)c2)cc(C(=O)O)c1. The predicted molar refractivity (Wildman–Crippen MR) is 96.6 cm³/mol. The van der Waals surface area contributed by atoms with Crippen LogP contribution < -0.4 is 5.32 Å². The number of anilines is 1. The fourth-order valence-corrected chi connectivity index (χ4v) is 2.61. The Morgan fingerprint density at radius 2 is 1.96 bits per heavy atom. The lowest BCUT2D eigenvalue weighted by Crippen LogP contribution is -2.21. The summed E-state index contributed by atoms with van der Waals surface area (Å²) in [6, 6.07) is 10.9. The van der Waals surface area contributed by atoms with Crippen molar-refractivity contribution in [2.45, 2.75) is 26.4 Å². The van der Waals surface area contributed by atoms with Gasteiger partial charge in [-0.3, -0.25) is 4.79 Å². The summed E-state index contributed by atoms with van der Waals surface area (Å²) in [5.74, 6) is -1.89. The molecule has 0 aliphatic heterocycles. The van der Waals surface area contributed by atoms with Gasteiger partial charge in [-0.1, -0.05) is 19.1 Å². The van der Waals surface area contributed by atoms with Crippen LogP contribution in [0.5, 0.6) is 0 Å². The van der Waals surface area contributed by atoms with E-state index in [9.17, 15) is 19.1 Å². The zero-order valence-corrected chi connectivity index (χ0v) is 14.8.